The maximum absolute atomic E-state index is 13.2. The summed E-state index contributed by atoms with van der Waals surface area (Å²) in [6.07, 6.45) is 1.30. The summed E-state index contributed by atoms with van der Waals surface area (Å²) in [5, 5.41) is 10.2. The van der Waals surface area contributed by atoms with Crippen LogP contribution in [-0.2, 0) is 11.3 Å². The molecule has 1 saturated carbocycles. The molecule has 2 aliphatic heterocycles. The molecule has 35 heavy (non-hydrogen) atoms. The van der Waals surface area contributed by atoms with Crippen LogP contribution in [-0.4, -0.2) is 33.5 Å². The second-order valence-electron chi connectivity index (χ2n) is 9.99. The molecule has 2 amide bonds. The smallest absolute Gasteiger partial charge is 0.252 e. The molecule has 0 radical (unpaired) electrons. The molecule has 4 heterocycles. The average Bonchev–Trinajstić information content (AvgIpc) is 3.55. The van der Waals surface area contributed by atoms with Crippen LogP contribution in [0, 0.1) is 0 Å². The molecular formula is C27H24ClN5O2. The second kappa shape index (κ2) is 6.56. The number of nitrogens with two attached hydrogens (primary N) is 1. The third kappa shape index (κ3) is 2.18. The van der Waals surface area contributed by atoms with Gasteiger partial charge in [0.2, 0.25) is 5.91 Å². The van der Waals surface area contributed by atoms with Crippen LogP contribution in [0.3, 0.4) is 0 Å². The fourth-order valence-corrected chi connectivity index (χ4v) is 7.30. The molecule has 8 heteroatoms. The molecule has 3 aromatic carbocycles. The highest BCUT2D eigenvalue weighted by Gasteiger charge is 2.54. The number of benzene rings is 3. The molecule has 3 atom stereocenters. The van der Waals surface area contributed by atoms with Gasteiger partial charge in [0, 0.05) is 52.2 Å². The zero-order valence-corrected chi connectivity index (χ0v) is 19.9. The third-order valence-electron chi connectivity index (χ3n) is 8.54. The van der Waals surface area contributed by atoms with E-state index in [1.165, 1.54) is 0 Å². The van der Waals surface area contributed by atoms with Crippen molar-refractivity contribution in [2.75, 3.05) is 7.05 Å². The van der Waals surface area contributed by atoms with Crippen molar-refractivity contribution < 1.29 is 9.59 Å². The number of aromatic nitrogens is 2. The summed E-state index contributed by atoms with van der Waals surface area (Å²) in [6, 6.07) is 16.5. The van der Waals surface area contributed by atoms with E-state index < -0.39 is 5.54 Å². The number of rotatable bonds is 1. The van der Waals surface area contributed by atoms with E-state index in [1.807, 2.05) is 24.3 Å². The first kappa shape index (κ1) is 20.8. The van der Waals surface area contributed by atoms with Gasteiger partial charge in [0.15, 0.2) is 0 Å². The van der Waals surface area contributed by atoms with Crippen LogP contribution < -0.4 is 16.4 Å². The van der Waals surface area contributed by atoms with E-state index in [-0.39, 0.29) is 36.3 Å². The number of nitrogens with zero attached hydrogens (tertiary/aromatic N) is 2. The molecular weight excluding hydrogens is 462 g/mol. The molecule has 4 N–H and O–H groups in total. The number of likely N-dealkylation sites (N-methyl/N-ethyl adjacent to an activating group) is 1. The molecule has 7 nitrogen and oxygen atoms in total. The number of carbonyl (C=O) groups excluding carboxylic acids is 2. The number of carbonyl (C=O) groups is 2. The molecule has 0 saturated heterocycles. The van der Waals surface area contributed by atoms with Crippen molar-refractivity contribution in [3.63, 3.8) is 0 Å². The van der Waals surface area contributed by atoms with Gasteiger partial charge in [-0.3, -0.25) is 9.59 Å². The maximum atomic E-state index is 13.2. The normalized spacial score (nSPS) is 24.2. The van der Waals surface area contributed by atoms with Gasteiger partial charge in [-0.1, -0.05) is 36.4 Å². The van der Waals surface area contributed by atoms with Crippen molar-refractivity contribution in [3.8, 4) is 0 Å². The Balaban J connectivity index is 0.00000210. The quantitative estimate of drug-likeness (QED) is 0.336. The zero-order valence-electron chi connectivity index (χ0n) is 19.1. The van der Waals surface area contributed by atoms with Crippen molar-refractivity contribution in [1.82, 2.24) is 19.8 Å². The lowest BCUT2D eigenvalue weighted by Crippen LogP contribution is -2.56. The minimum absolute atomic E-state index is 0. The first-order chi connectivity index (χ1) is 16.5. The fourth-order valence-electron chi connectivity index (χ4n) is 7.30. The van der Waals surface area contributed by atoms with Gasteiger partial charge in [-0.05, 0) is 30.5 Å². The van der Waals surface area contributed by atoms with Crippen molar-refractivity contribution >= 4 is 67.8 Å². The van der Waals surface area contributed by atoms with Crippen LogP contribution in [0.4, 0.5) is 0 Å². The predicted octanol–water partition coefficient (Wildman–Crippen LogP) is 3.90. The molecule has 176 valence electrons. The largest absolute Gasteiger partial charge is 0.358 e. The topological polar surface area (TPSA) is 94.1 Å². The molecule has 1 aliphatic carbocycles. The van der Waals surface area contributed by atoms with Gasteiger partial charge in [0.25, 0.3) is 5.91 Å². The Morgan fingerprint density at radius 2 is 1.66 bits per heavy atom. The molecule has 8 rings (SSSR count). The monoisotopic (exact) mass is 485 g/mol. The Morgan fingerprint density at radius 1 is 1.03 bits per heavy atom. The third-order valence-corrected chi connectivity index (χ3v) is 8.54. The van der Waals surface area contributed by atoms with Crippen LogP contribution in [0.15, 0.2) is 48.5 Å². The highest BCUT2D eigenvalue weighted by molar-refractivity contribution is 6.31. The lowest BCUT2D eigenvalue weighted by molar-refractivity contribution is -0.126. The van der Waals surface area contributed by atoms with E-state index in [2.05, 4.69) is 44.0 Å². The van der Waals surface area contributed by atoms with E-state index in [9.17, 15) is 9.59 Å². The SMILES string of the molecule is CNC(=O)[C@@]1(N)C[C@H]2C[C@@H]1n1c3ccccc3c3c4c(c5c6ccccc6n2c5c31)C(=O)NC4.Cl. The Morgan fingerprint density at radius 3 is 2.37 bits per heavy atom. The molecule has 0 unspecified atom stereocenters. The summed E-state index contributed by atoms with van der Waals surface area (Å²) in [4.78, 5) is 26.5. The van der Waals surface area contributed by atoms with Gasteiger partial charge in [-0.15, -0.1) is 12.4 Å². The minimum Gasteiger partial charge on any atom is -0.358 e. The van der Waals surface area contributed by atoms with Crippen molar-refractivity contribution in [2.45, 2.75) is 37.0 Å². The summed E-state index contributed by atoms with van der Waals surface area (Å²) in [5.41, 5.74) is 12.2. The number of amides is 2. The van der Waals surface area contributed by atoms with Gasteiger partial charge < -0.3 is 25.5 Å². The molecule has 0 spiro atoms. The van der Waals surface area contributed by atoms with Crippen molar-refractivity contribution in [3.05, 3.63) is 59.7 Å². The Kier molecular flexibility index (Phi) is 3.90. The van der Waals surface area contributed by atoms with Crippen molar-refractivity contribution in [2.24, 2.45) is 5.73 Å². The van der Waals surface area contributed by atoms with Gasteiger partial charge in [0.1, 0.15) is 5.54 Å². The minimum atomic E-state index is -1.03. The average molecular weight is 486 g/mol. The van der Waals surface area contributed by atoms with Crippen LogP contribution >= 0.6 is 12.4 Å². The van der Waals surface area contributed by atoms with E-state index in [0.717, 1.165) is 61.2 Å². The van der Waals surface area contributed by atoms with Crippen LogP contribution in [0.1, 0.15) is 40.8 Å². The predicted molar refractivity (Wildman–Crippen MR) is 139 cm³/mol. The summed E-state index contributed by atoms with van der Waals surface area (Å²) >= 11 is 0. The summed E-state index contributed by atoms with van der Waals surface area (Å²) in [5.74, 6) is -0.135. The Bertz CT molecular complexity index is 1780. The highest BCUT2D eigenvalue weighted by atomic mass is 35.5. The summed E-state index contributed by atoms with van der Waals surface area (Å²) in [6.45, 7) is 0.505. The number of halogens is 1. The van der Waals surface area contributed by atoms with E-state index in [4.69, 9.17) is 5.73 Å². The second-order valence-corrected chi connectivity index (χ2v) is 9.99. The first-order valence-corrected chi connectivity index (χ1v) is 11.8. The maximum Gasteiger partial charge on any atom is 0.252 e. The van der Waals surface area contributed by atoms with Gasteiger partial charge >= 0.3 is 0 Å². The molecule has 3 aliphatic rings. The number of fused-ring (bicyclic) bond motifs is 13. The van der Waals surface area contributed by atoms with E-state index >= 15 is 0 Å². The van der Waals surface area contributed by atoms with Crippen LogP contribution in [0.5, 0.6) is 0 Å². The molecule has 2 bridgehead atoms. The van der Waals surface area contributed by atoms with Gasteiger partial charge in [-0.2, -0.15) is 0 Å². The highest BCUT2D eigenvalue weighted by Crippen LogP contribution is 2.55. The lowest BCUT2D eigenvalue weighted by Gasteiger charge is -2.32. The van der Waals surface area contributed by atoms with Gasteiger partial charge in [0.05, 0.1) is 22.6 Å². The number of para-hydroxylation sites is 2. The van der Waals surface area contributed by atoms with Crippen LogP contribution in [0.2, 0.25) is 0 Å². The summed E-state index contributed by atoms with van der Waals surface area (Å²) in [7, 11) is 1.66. The molecule has 2 aromatic heterocycles. The van der Waals surface area contributed by atoms with E-state index in [1.54, 1.807) is 7.05 Å². The first-order valence-electron chi connectivity index (χ1n) is 11.8. The number of hydrogen-bond donors (Lipinski definition) is 3. The number of hydrogen-bond acceptors (Lipinski definition) is 3. The Hall–Kier alpha value is -3.55. The lowest BCUT2D eigenvalue weighted by atomic mass is 9.91. The fraction of sp³-hybridized carbons (Fsp3) is 0.259. The van der Waals surface area contributed by atoms with Crippen LogP contribution in [0.25, 0.3) is 43.6 Å². The summed E-state index contributed by atoms with van der Waals surface area (Å²) < 4.78 is 4.71. The van der Waals surface area contributed by atoms with Crippen molar-refractivity contribution in [1.29, 1.82) is 0 Å². The standard InChI is InChI=1S/C27H23N5O2.ClH/c1-29-26(34)27(28)11-13-10-19(27)32-18-9-5-2-6-14(18)20-16-12-30-25(33)22(16)21-15-7-3-4-8-17(15)31(13)24(21)23(20)32;/h2-9,13,19H,10-12,28H2,1H3,(H,29,34)(H,30,33);1H/t13-,19+,27-;/m1./s1. The molecule has 1 fully saturated rings. The Labute approximate surface area is 206 Å². The van der Waals surface area contributed by atoms with E-state index in [0.29, 0.717) is 13.0 Å². The van der Waals surface area contributed by atoms with Gasteiger partial charge in [-0.25, -0.2) is 0 Å². The molecule has 5 aromatic rings. The zero-order chi connectivity index (χ0) is 22.9. The number of nitrogens with one attached hydrogen (secondary N) is 2.